The van der Waals surface area contributed by atoms with Crippen molar-refractivity contribution in [2.75, 3.05) is 0 Å². The van der Waals surface area contributed by atoms with Gasteiger partial charge in [0.15, 0.2) is 0 Å². The van der Waals surface area contributed by atoms with Crippen LogP contribution in [0.2, 0.25) is 0 Å². The first kappa shape index (κ1) is 17.5. The number of rotatable bonds is 2. The summed E-state index contributed by atoms with van der Waals surface area (Å²) in [5.74, 6) is 0. The van der Waals surface area contributed by atoms with Crippen LogP contribution < -0.4 is 11.2 Å². The van der Waals surface area contributed by atoms with Crippen LogP contribution in [-0.2, 0) is 18.6 Å². The van der Waals surface area contributed by atoms with E-state index in [0.29, 0.717) is 39.1 Å². The maximum absolute atomic E-state index is 13.0. The van der Waals surface area contributed by atoms with E-state index in [1.807, 2.05) is 0 Å². The van der Waals surface area contributed by atoms with Gasteiger partial charge < -0.3 is 0 Å². The Hall–Kier alpha value is -2.93. The van der Waals surface area contributed by atoms with Crippen LogP contribution in [-0.4, -0.2) is 13.5 Å². The summed E-state index contributed by atoms with van der Waals surface area (Å²) in [6, 6.07) is 7.30. The molecule has 0 atom stereocenters. The van der Waals surface area contributed by atoms with Gasteiger partial charge in [-0.05, 0) is 42.6 Å². The van der Waals surface area contributed by atoms with Crippen LogP contribution in [0, 0.1) is 11.3 Å². The molecule has 0 N–H and O–H groups in total. The Kier molecular flexibility index (Phi) is 3.58. The maximum Gasteiger partial charge on any atom is 0.431 e. The second-order valence-electron chi connectivity index (χ2n) is 6.45. The molecule has 6 nitrogen and oxygen atoms in total. The fourth-order valence-corrected chi connectivity index (χ4v) is 3.92. The largest absolute Gasteiger partial charge is 0.431 e. The molecule has 27 heavy (non-hydrogen) atoms. The van der Waals surface area contributed by atoms with Crippen LogP contribution in [0.5, 0.6) is 0 Å². The smallest absolute Gasteiger partial charge is 0.292 e. The van der Waals surface area contributed by atoms with E-state index in [1.165, 1.54) is 23.7 Å². The van der Waals surface area contributed by atoms with Crippen molar-refractivity contribution < 1.29 is 13.2 Å². The first-order valence-corrected chi connectivity index (χ1v) is 8.67. The van der Waals surface area contributed by atoms with Crippen molar-refractivity contribution in [3.05, 3.63) is 56.5 Å². The third kappa shape index (κ3) is 2.57. The van der Waals surface area contributed by atoms with E-state index >= 15 is 0 Å². The molecule has 1 aromatic carbocycles. The molecule has 1 saturated carbocycles. The van der Waals surface area contributed by atoms with Gasteiger partial charge in [-0.25, -0.2) is 9.36 Å². The number of hydrogen-bond acceptors (Lipinski definition) is 5. The van der Waals surface area contributed by atoms with Crippen molar-refractivity contribution >= 4 is 21.6 Å². The molecular formula is C17H11F3N4O2S. The van der Waals surface area contributed by atoms with Crippen LogP contribution in [0.4, 0.5) is 13.2 Å². The van der Waals surface area contributed by atoms with E-state index in [4.69, 9.17) is 0 Å². The molecule has 0 radical (unpaired) electrons. The second kappa shape index (κ2) is 5.53. The average Bonchev–Trinajstić information content (AvgIpc) is 3.29. The summed E-state index contributed by atoms with van der Waals surface area (Å²) in [5.41, 5.74) is -3.42. The van der Waals surface area contributed by atoms with Crippen LogP contribution in [0.1, 0.15) is 24.2 Å². The van der Waals surface area contributed by atoms with Crippen molar-refractivity contribution in [3.63, 3.8) is 0 Å². The molecule has 138 valence electrons. The van der Waals surface area contributed by atoms with Gasteiger partial charge in [0.1, 0.15) is 11.1 Å². The molecule has 0 aliphatic heterocycles. The number of nitriles is 1. The van der Waals surface area contributed by atoms with E-state index in [0.717, 1.165) is 11.7 Å². The summed E-state index contributed by atoms with van der Waals surface area (Å²) < 4.78 is 45.2. The second-order valence-corrected chi connectivity index (χ2v) is 7.25. The summed E-state index contributed by atoms with van der Waals surface area (Å²) in [5, 5.41) is 10.0. The van der Waals surface area contributed by atoms with Crippen molar-refractivity contribution in [1.29, 1.82) is 5.26 Å². The maximum atomic E-state index is 13.0. The minimum Gasteiger partial charge on any atom is -0.292 e. The van der Waals surface area contributed by atoms with E-state index in [1.54, 1.807) is 6.07 Å². The molecule has 1 fully saturated rings. The Bertz CT molecular complexity index is 1240. The quantitative estimate of drug-likeness (QED) is 0.672. The summed E-state index contributed by atoms with van der Waals surface area (Å²) in [6.45, 7) is 0. The lowest BCUT2D eigenvalue weighted by Crippen LogP contribution is -2.40. The number of nitrogens with zero attached hydrogens (tertiary/aromatic N) is 4. The SMILES string of the molecule is Cn1c(C(F)(F)F)cc(=O)n(-c2ccc3snc(C4(C#N)CC4)c3c2)c1=O. The van der Waals surface area contributed by atoms with Crippen molar-refractivity contribution in [1.82, 2.24) is 13.5 Å². The third-order valence-corrected chi connectivity index (χ3v) is 5.57. The topological polar surface area (TPSA) is 80.7 Å². The zero-order chi connectivity index (χ0) is 19.6. The predicted molar refractivity (Wildman–Crippen MR) is 92.0 cm³/mol. The molecule has 4 rings (SSSR count). The Labute approximate surface area is 153 Å². The first-order chi connectivity index (χ1) is 12.7. The zero-order valence-electron chi connectivity index (χ0n) is 13.9. The van der Waals surface area contributed by atoms with Crippen molar-refractivity contribution in [2.45, 2.75) is 24.4 Å². The molecule has 2 heterocycles. The van der Waals surface area contributed by atoms with Crippen LogP contribution in [0.15, 0.2) is 33.9 Å². The minimum atomic E-state index is -4.81. The first-order valence-electron chi connectivity index (χ1n) is 7.90. The van der Waals surface area contributed by atoms with Gasteiger partial charge in [-0.15, -0.1) is 0 Å². The summed E-state index contributed by atoms with van der Waals surface area (Å²) in [7, 11) is 0.964. The lowest BCUT2D eigenvalue weighted by Gasteiger charge is -2.14. The number of halogens is 3. The van der Waals surface area contributed by atoms with Crippen LogP contribution in [0.3, 0.4) is 0 Å². The monoisotopic (exact) mass is 392 g/mol. The van der Waals surface area contributed by atoms with Gasteiger partial charge in [0.2, 0.25) is 0 Å². The highest BCUT2D eigenvalue weighted by molar-refractivity contribution is 7.13. The Balaban J connectivity index is 1.95. The number of hydrogen-bond donors (Lipinski definition) is 0. The van der Waals surface area contributed by atoms with E-state index in [-0.39, 0.29) is 5.69 Å². The Morgan fingerprint density at radius 1 is 1.26 bits per heavy atom. The highest BCUT2D eigenvalue weighted by Gasteiger charge is 2.48. The lowest BCUT2D eigenvalue weighted by molar-refractivity contribution is -0.144. The number of fused-ring (bicyclic) bond motifs is 1. The molecule has 0 unspecified atom stereocenters. The number of alkyl halides is 3. The lowest BCUT2D eigenvalue weighted by atomic mass is 10.0. The van der Waals surface area contributed by atoms with Crippen molar-refractivity contribution in [3.8, 4) is 11.8 Å². The highest BCUT2D eigenvalue weighted by atomic mass is 32.1. The minimum absolute atomic E-state index is 0.136. The third-order valence-electron chi connectivity index (χ3n) is 4.74. The van der Waals surface area contributed by atoms with Gasteiger partial charge >= 0.3 is 11.9 Å². The van der Waals surface area contributed by atoms with E-state index < -0.39 is 28.5 Å². The highest BCUT2D eigenvalue weighted by Crippen LogP contribution is 2.50. The predicted octanol–water partition coefficient (Wildman–Crippen LogP) is 2.72. The average molecular weight is 392 g/mol. The molecule has 2 aromatic heterocycles. The fourth-order valence-electron chi connectivity index (χ4n) is 3.07. The van der Waals surface area contributed by atoms with Gasteiger partial charge in [-0.2, -0.15) is 22.8 Å². The molecule has 0 amide bonds. The molecular weight excluding hydrogens is 381 g/mol. The zero-order valence-corrected chi connectivity index (χ0v) is 14.7. The van der Waals surface area contributed by atoms with Crippen LogP contribution in [0.25, 0.3) is 15.8 Å². The summed E-state index contributed by atoms with van der Waals surface area (Å²) in [6.07, 6.45) is -3.46. The van der Waals surface area contributed by atoms with Crippen molar-refractivity contribution in [2.24, 2.45) is 7.05 Å². The number of benzene rings is 1. The van der Waals surface area contributed by atoms with Gasteiger partial charge in [0.05, 0.1) is 22.2 Å². The molecule has 1 aliphatic carbocycles. The molecule has 1 aliphatic rings. The van der Waals surface area contributed by atoms with E-state index in [9.17, 15) is 28.0 Å². The number of aromatic nitrogens is 3. The molecule has 10 heteroatoms. The van der Waals surface area contributed by atoms with Gasteiger partial charge in [-0.3, -0.25) is 9.36 Å². The molecule has 0 bridgehead atoms. The Morgan fingerprint density at radius 3 is 2.56 bits per heavy atom. The molecule has 3 aromatic rings. The van der Waals surface area contributed by atoms with Crippen LogP contribution >= 0.6 is 11.5 Å². The van der Waals surface area contributed by atoms with Gasteiger partial charge in [0.25, 0.3) is 5.56 Å². The van der Waals surface area contributed by atoms with Gasteiger partial charge in [0, 0.05) is 18.5 Å². The Morgan fingerprint density at radius 2 is 1.96 bits per heavy atom. The molecule has 0 spiro atoms. The van der Waals surface area contributed by atoms with E-state index in [2.05, 4.69) is 10.4 Å². The molecule has 0 saturated heterocycles. The normalized spacial score (nSPS) is 15.7. The standard InChI is InChI=1S/C17H11F3N4O2S/c1-23-12(17(18,19)20)7-13(25)24(15(23)26)9-2-3-11-10(6-9)14(22-27-11)16(8-21)4-5-16/h2-3,6-7H,4-5H2,1H3. The fraction of sp³-hybridized carbons (Fsp3) is 0.294. The van der Waals surface area contributed by atoms with Gasteiger partial charge in [-0.1, -0.05) is 0 Å². The summed E-state index contributed by atoms with van der Waals surface area (Å²) in [4.78, 5) is 24.7. The summed E-state index contributed by atoms with van der Waals surface area (Å²) >= 11 is 1.20.